The van der Waals surface area contributed by atoms with Gasteiger partial charge >= 0.3 is 6.09 Å². The van der Waals surface area contributed by atoms with Crippen LogP contribution in [0.5, 0.6) is 11.6 Å². The lowest BCUT2D eigenvalue weighted by Gasteiger charge is -2.34. The van der Waals surface area contributed by atoms with E-state index in [-0.39, 0.29) is 18.1 Å². The molecule has 2 fully saturated rings. The Kier molecular flexibility index (Phi) is 8.44. The van der Waals surface area contributed by atoms with Gasteiger partial charge in [0.15, 0.2) is 0 Å². The van der Waals surface area contributed by atoms with Crippen molar-refractivity contribution in [3.05, 3.63) is 72.1 Å². The standard InChI is InChI=1S/C36H41N5O4/c1-22-13-14-26-24(20-31(42)29-19-23(29)2)9-6-11-27(26)32(22)44-33-28(12-7-16-37-33)30-15-17-38-34(40-30)39-25-10-8-18-41(21-25)35(43)45-36(3,4)5/h6-7,9,11-17,23,25,29H,8,10,18-21H2,1-5H3,(H,38,39,40)/t23-,25+,29+/m1/s1. The number of amides is 1. The molecule has 2 aliphatic rings. The van der Waals surface area contributed by atoms with Crippen LogP contribution in [0.1, 0.15) is 58.1 Å². The lowest BCUT2D eigenvalue weighted by atomic mass is 9.96. The van der Waals surface area contributed by atoms with Crippen molar-refractivity contribution in [1.82, 2.24) is 19.9 Å². The number of carbonyl (C=O) groups is 2. The largest absolute Gasteiger partial charge is 0.444 e. The SMILES string of the molecule is Cc1ccc2c(CC(=O)[C@H]3C[C@H]3C)cccc2c1Oc1ncccc1-c1ccnc(N[C@H]2CCCN(C(=O)OC(C)(C)C)C2)n1. The molecule has 0 unspecified atom stereocenters. The number of benzene rings is 2. The fraction of sp³-hybridized carbons (Fsp3) is 0.417. The number of carbonyl (C=O) groups excluding carboxylic acids is 2. The Balaban J connectivity index is 1.23. The number of aryl methyl sites for hydroxylation is 1. The zero-order chi connectivity index (χ0) is 31.7. The van der Waals surface area contributed by atoms with Crippen LogP contribution in [0.3, 0.4) is 0 Å². The first-order valence-electron chi connectivity index (χ1n) is 15.8. The first-order chi connectivity index (χ1) is 21.6. The van der Waals surface area contributed by atoms with E-state index < -0.39 is 5.60 Å². The van der Waals surface area contributed by atoms with Gasteiger partial charge in [0.25, 0.3) is 0 Å². The van der Waals surface area contributed by atoms with Crippen molar-refractivity contribution in [2.75, 3.05) is 18.4 Å². The highest BCUT2D eigenvalue weighted by Crippen LogP contribution is 2.41. The number of anilines is 1. The number of likely N-dealkylation sites (tertiary alicyclic amines) is 1. The number of hydrogen-bond donors (Lipinski definition) is 1. The van der Waals surface area contributed by atoms with Crippen molar-refractivity contribution >= 4 is 28.6 Å². The van der Waals surface area contributed by atoms with Crippen LogP contribution >= 0.6 is 0 Å². The van der Waals surface area contributed by atoms with Crippen LogP contribution in [0.2, 0.25) is 0 Å². The molecule has 2 aromatic carbocycles. The molecule has 3 atom stereocenters. The third kappa shape index (κ3) is 7.08. The Labute approximate surface area is 264 Å². The van der Waals surface area contributed by atoms with E-state index in [1.54, 1.807) is 17.3 Å². The molecule has 1 aliphatic heterocycles. The van der Waals surface area contributed by atoms with Crippen LogP contribution in [0, 0.1) is 18.8 Å². The quantitative estimate of drug-likeness (QED) is 0.221. The van der Waals surface area contributed by atoms with Gasteiger partial charge in [-0.15, -0.1) is 0 Å². The zero-order valence-corrected chi connectivity index (χ0v) is 26.7. The second-order valence-electron chi connectivity index (χ2n) is 13.3. The number of pyridine rings is 1. The van der Waals surface area contributed by atoms with Gasteiger partial charge in [-0.25, -0.2) is 19.7 Å². The normalized spacial score (nSPS) is 19.7. The highest BCUT2D eigenvalue weighted by Gasteiger charge is 2.38. The van der Waals surface area contributed by atoms with Gasteiger partial charge in [0.2, 0.25) is 11.8 Å². The summed E-state index contributed by atoms with van der Waals surface area (Å²) in [4.78, 5) is 41.1. The Morgan fingerprint density at radius 3 is 2.62 bits per heavy atom. The number of ether oxygens (including phenoxy) is 2. The number of rotatable bonds is 8. The topological polar surface area (TPSA) is 107 Å². The first kappa shape index (κ1) is 30.5. The van der Waals surface area contributed by atoms with Crippen LogP contribution in [-0.2, 0) is 16.0 Å². The Morgan fingerprint density at radius 1 is 1.02 bits per heavy atom. The van der Waals surface area contributed by atoms with Crippen LogP contribution in [-0.4, -0.2) is 56.5 Å². The molecule has 1 N–H and O–H groups in total. The van der Waals surface area contributed by atoms with Crippen LogP contribution in [0.25, 0.3) is 22.0 Å². The average molecular weight is 608 g/mol. The van der Waals surface area contributed by atoms with Gasteiger partial charge in [-0.1, -0.05) is 37.3 Å². The third-order valence-corrected chi connectivity index (χ3v) is 8.49. The minimum Gasteiger partial charge on any atom is -0.444 e. The van der Waals surface area contributed by atoms with E-state index >= 15 is 0 Å². The van der Waals surface area contributed by atoms with Gasteiger partial charge in [0.1, 0.15) is 17.1 Å². The predicted molar refractivity (Wildman–Crippen MR) is 174 cm³/mol. The highest BCUT2D eigenvalue weighted by atomic mass is 16.6. The summed E-state index contributed by atoms with van der Waals surface area (Å²) in [7, 11) is 0. The van der Waals surface area contributed by atoms with E-state index in [0.29, 0.717) is 54.5 Å². The number of fused-ring (bicyclic) bond motifs is 1. The summed E-state index contributed by atoms with van der Waals surface area (Å²) < 4.78 is 12.2. The van der Waals surface area contributed by atoms with Crippen molar-refractivity contribution in [3.8, 4) is 22.9 Å². The minimum atomic E-state index is -0.542. The molecule has 234 valence electrons. The molecule has 0 radical (unpaired) electrons. The van der Waals surface area contributed by atoms with Crippen LogP contribution < -0.4 is 10.1 Å². The number of Topliss-reactive ketones (excluding diaryl/α,β-unsaturated/α-hetero) is 1. The second-order valence-corrected chi connectivity index (χ2v) is 13.3. The summed E-state index contributed by atoms with van der Waals surface area (Å²) in [6.45, 7) is 10.9. The van der Waals surface area contributed by atoms with E-state index in [0.717, 1.165) is 46.7 Å². The molecule has 0 spiro atoms. The lowest BCUT2D eigenvalue weighted by molar-refractivity contribution is -0.119. The van der Waals surface area contributed by atoms with Gasteiger partial charge in [0, 0.05) is 49.2 Å². The van der Waals surface area contributed by atoms with Gasteiger partial charge < -0.3 is 19.7 Å². The smallest absolute Gasteiger partial charge is 0.410 e. The Morgan fingerprint density at radius 2 is 1.84 bits per heavy atom. The summed E-state index contributed by atoms with van der Waals surface area (Å²) >= 11 is 0. The average Bonchev–Trinajstić information content (AvgIpc) is 3.75. The van der Waals surface area contributed by atoms with Gasteiger partial charge in [-0.05, 0) is 87.6 Å². The maximum atomic E-state index is 12.8. The molecule has 9 nitrogen and oxygen atoms in total. The molecule has 2 aromatic heterocycles. The summed E-state index contributed by atoms with van der Waals surface area (Å²) in [6, 6.07) is 15.8. The molecule has 1 amide bonds. The second kappa shape index (κ2) is 12.5. The van der Waals surface area contributed by atoms with Gasteiger partial charge in [-0.2, -0.15) is 0 Å². The first-order valence-corrected chi connectivity index (χ1v) is 15.8. The molecule has 1 saturated carbocycles. The Bertz CT molecular complexity index is 1730. The summed E-state index contributed by atoms with van der Waals surface area (Å²) in [5.41, 5.74) is 2.84. The number of hydrogen-bond acceptors (Lipinski definition) is 8. The van der Waals surface area contributed by atoms with Crippen molar-refractivity contribution in [1.29, 1.82) is 0 Å². The predicted octanol–water partition coefficient (Wildman–Crippen LogP) is 7.37. The number of nitrogens with zero attached hydrogens (tertiary/aromatic N) is 4. The fourth-order valence-electron chi connectivity index (χ4n) is 6.00. The highest BCUT2D eigenvalue weighted by molar-refractivity contribution is 5.96. The van der Waals surface area contributed by atoms with Crippen molar-refractivity contribution in [2.24, 2.45) is 11.8 Å². The van der Waals surface area contributed by atoms with Crippen molar-refractivity contribution in [2.45, 2.75) is 71.9 Å². The molecule has 4 aromatic rings. The molecule has 1 aliphatic carbocycles. The summed E-state index contributed by atoms with van der Waals surface area (Å²) in [5.74, 6) is 2.59. The van der Waals surface area contributed by atoms with E-state index in [2.05, 4.69) is 28.3 Å². The fourth-order valence-corrected chi connectivity index (χ4v) is 6.00. The maximum absolute atomic E-state index is 12.8. The molecule has 3 heterocycles. The summed E-state index contributed by atoms with van der Waals surface area (Å²) in [6.07, 6.45) is 6.28. The van der Waals surface area contributed by atoms with Crippen LogP contribution in [0.4, 0.5) is 10.7 Å². The molecule has 9 heteroatoms. The van der Waals surface area contributed by atoms with E-state index in [9.17, 15) is 9.59 Å². The zero-order valence-electron chi connectivity index (χ0n) is 26.7. The van der Waals surface area contributed by atoms with Gasteiger partial charge in [-0.3, -0.25) is 4.79 Å². The number of piperidine rings is 1. The molecule has 6 rings (SSSR count). The van der Waals surface area contributed by atoms with Crippen LogP contribution in [0.15, 0.2) is 60.9 Å². The van der Waals surface area contributed by atoms with Crippen molar-refractivity contribution < 1.29 is 19.1 Å². The molecule has 0 bridgehead atoms. The van der Waals surface area contributed by atoms with E-state index in [1.165, 1.54) is 0 Å². The maximum Gasteiger partial charge on any atom is 0.410 e. The number of nitrogens with one attached hydrogen (secondary N) is 1. The Hall–Kier alpha value is -4.53. The number of ketones is 1. The molecule has 45 heavy (non-hydrogen) atoms. The monoisotopic (exact) mass is 607 g/mol. The van der Waals surface area contributed by atoms with E-state index in [4.69, 9.17) is 14.5 Å². The molecule has 1 saturated heterocycles. The lowest BCUT2D eigenvalue weighted by Crippen LogP contribution is -2.47. The summed E-state index contributed by atoms with van der Waals surface area (Å²) in [5, 5.41) is 5.37. The van der Waals surface area contributed by atoms with E-state index in [1.807, 2.05) is 70.2 Å². The third-order valence-electron chi connectivity index (χ3n) is 8.49. The van der Waals surface area contributed by atoms with Crippen molar-refractivity contribution in [3.63, 3.8) is 0 Å². The minimum absolute atomic E-state index is 0.00586. The molecular weight excluding hydrogens is 566 g/mol. The number of aromatic nitrogens is 3. The van der Waals surface area contributed by atoms with Gasteiger partial charge in [0.05, 0.1) is 11.3 Å². The molecular formula is C36H41N5O4.